The predicted molar refractivity (Wildman–Crippen MR) is 89.1 cm³/mol. The van der Waals surface area contributed by atoms with E-state index in [9.17, 15) is 8.78 Å². The number of hydrogen-bond acceptors (Lipinski definition) is 5. The van der Waals surface area contributed by atoms with Gasteiger partial charge in [-0.25, -0.2) is 13.8 Å². The third-order valence-electron chi connectivity index (χ3n) is 3.90. The summed E-state index contributed by atoms with van der Waals surface area (Å²) in [4.78, 5) is 6.28. The van der Waals surface area contributed by atoms with E-state index in [1.807, 2.05) is 31.1 Å². The number of nitrogens with one attached hydrogen (secondary N) is 1. The Hall–Kier alpha value is -3.29. The molecule has 0 bridgehead atoms. The molecule has 0 aliphatic carbocycles. The number of anilines is 1. The van der Waals surface area contributed by atoms with Crippen molar-refractivity contribution in [2.45, 2.75) is 0 Å². The smallest absolute Gasteiger partial charge is 0.193 e. The van der Waals surface area contributed by atoms with Crippen LogP contribution >= 0.6 is 0 Å². The highest BCUT2D eigenvalue weighted by atomic mass is 19.2. The van der Waals surface area contributed by atoms with Crippen molar-refractivity contribution in [3.63, 3.8) is 0 Å². The molecule has 8 heteroatoms. The van der Waals surface area contributed by atoms with Crippen LogP contribution in [0.25, 0.3) is 33.6 Å². The van der Waals surface area contributed by atoms with Crippen molar-refractivity contribution in [2.24, 2.45) is 0 Å². The van der Waals surface area contributed by atoms with E-state index >= 15 is 0 Å². The molecule has 4 aromatic rings. The molecule has 0 spiro atoms. The summed E-state index contributed by atoms with van der Waals surface area (Å²) in [7, 11) is 3.76. The first kappa shape index (κ1) is 15.3. The first-order valence-corrected chi connectivity index (χ1v) is 7.48. The standard InChI is InChI=1S/C17H13F2N5O/c1-24(2)13-7-6-10-15(22-23-17(10)21-13)16-11(8-20-25-16)9-4-3-5-12(18)14(9)19/h3-8H,1-2H3,(H,21,22,23). The zero-order valence-corrected chi connectivity index (χ0v) is 13.4. The quantitative estimate of drug-likeness (QED) is 0.616. The highest BCUT2D eigenvalue weighted by Gasteiger charge is 2.21. The minimum Gasteiger partial charge on any atom is -0.363 e. The van der Waals surface area contributed by atoms with Crippen LogP contribution in [0.3, 0.4) is 0 Å². The maximum atomic E-state index is 14.2. The number of benzene rings is 1. The molecular formula is C17H13F2N5O. The lowest BCUT2D eigenvalue weighted by atomic mass is 10.0. The van der Waals surface area contributed by atoms with Crippen LogP contribution in [0, 0.1) is 11.6 Å². The second kappa shape index (κ2) is 5.66. The number of rotatable bonds is 3. The number of pyridine rings is 1. The third-order valence-corrected chi connectivity index (χ3v) is 3.90. The second-order valence-electron chi connectivity index (χ2n) is 5.70. The molecule has 0 radical (unpaired) electrons. The summed E-state index contributed by atoms with van der Waals surface area (Å²) in [5.74, 6) is -0.869. The van der Waals surface area contributed by atoms with Crippen molar-refractivity contribution in [1.82, 2.24) is 20.3 Å². The largest absolute Gasteiger partial charge is 0.363 e. The molecule has 0 aliphatic rings. The van der Waals surface area contributed by atoms with E-state index in [-0.39, 0.29) is 11.3 Å². The van der Waals surface area contributed by atoms with Gasteiger partial charge < -0.3 is 9.42 Å². The molecule has 4 rings (SSSR count). The molecular weight excluding hydrogens is 328 g/mol. The van der Waals surface area contributed by atoms with Crippen LogP contribution in [0.2, 0.25) is 0 Å². The van der Waals surface area contributed by atoms with Gasteiger partial charge >= 0.3 is 0 Å². The second-order valence-corrected chi connectivity index (χ2v) is 5.70. The molecule has 1 aromatic carbocycles. The van der Waals surface area contributed by atoms with Crippen molar-refractivity contribution in [3.8, 4) is 22.6 Å². The normalized spacial score (nSPS) is 11.2. The molecule has 6 nitrogen and oxygen atoms in total. The maximum absolute atomic E-state index is 14.2. The van der Waals surface area contributed by atoms with E-state index < -0.39 is 11.6 Å². The average molecular weight is 341 g/mol. The van der Waals surface area contributed by atoms with Gasteiger partial charge in [0.2, 0.25) is 0 Å². The Kier molecular flexibility index (Phi) is 3.45. The van der Waals surface area contributed by atoms with E-state index in [0.29, 0.717) is 22.3 Å². The summed E-state index contributed by atoms with van der Waals surface area (Å²) in [6.07, 6.45) is 1.35. The summed E-state index contributed by atoms with van der Waals surface area (Å²) in [5, 5.41) is 11.5. The SMILES string of the molecule is CN(C)c1ccc2c(-c3oncc3-c3cccc(F)c3F)[nH]nc2n1. The van der Waals surface area contributed by atoms with Crippen molar-refractivity contribution >= 4 is 16.9 Å². The Balaban J connectivity index is 1.89. The number of aromatic nitrogens is 4. The topological polar surface area (TPSA) is 70.8 Å². The predicted octanol–water partition coefficient (Wildman–Crippen LogP) is 3.62. The lowest BCUT2D eigenvalue weighted by Crippen LogP contribution is -2.10. The highest BCUT2D eigenvalue weighted by Crippen LogP contribution is 2.36. The van der Waals surface area contributed by atoms with Gasteiger partial charge in [0.15, 0.2) is 23.0 Å². The first-order valence-electron chi connectivity index (χ1n) is 7.48. The minimum atomic E-state index is -0.955. The van der Waals surface area contributed by atoms with E-state index in [1.54, 1.807) is 0 Å². The number of fused-ring (bicyclic) bond motifs is 1. The van der Waals surface area contributed by atoms with Gasteiger partial charge in [0.05, 0.1) is 17.1 Å². The first-order chi connectivity index (χ1) is 12.1. The fraction of sp³-hybridized carbons (Fsp3) is 0.118. The van der Waals surface area contributed by atoms with Crippen molar-refractivity contribution in [3.05, 3.63) is 48.2 Å². The van der Waals surface area contributed by atoms with E-state index in [2.05, 4.69) is 20.3 Å². The molecule has 0 amide bonds. The van der Waals surface area contributed by atoms with Gasteiger partial charge in [-0.1, -0.05) is 17.3 Å². The molecule has 0 saturated carbocycles. The van der Waals surface area contributed by atoms with Crippen LogP contribution in [0.15, 0.2) is 41.1 Å². The monoisotopic (exact) mass is 341 g/mol. The number of hydrogen-bond donors (Lipinski definition) is 1. The van der Waals surface area contributed by atoms with Crippen LogP contribution in [0.1, 0.15) is 0 Å². The molecule has 126 valence electrons. The fourth-order valence-corrected chi connectivity index (χ4v) is 2.63. The fourth-order valence-electron chi connectivity index (χ4n) is 2.63. The zero-order valence-electron chi connectivity index (χ0n) is 13.4. The minimum absolute atomic E-state index is 0.0665. The Morgan fingerprint density at radius 1 is 1.08 bits per heavy atom. The Labute approximate surface area is 141 Å². The average Bonchev–Trinajstić information content (AvgIpc) is 3.22. The summed E-state index contributed by atoms with van der Waals surface area (Å²) >= 11 is 0. The third kappa shape index (κ3) is 2.42. The van der Waals surface area contributed by atoms with Crippen molar-refractivity contribution in [1.29, 1.82) is 0 Å². The molecule has 25 heavy (non-hydrogen) atoms. The molecule has 0 atom stereocenters. The molecule has 0 aliphatic heterocycles. The molecule has 3 aromatic heterocycles. The van der Waals surface area contributed by atoms with E-state index in [0.717, 1.165) is 11.9 Å². The van der Waals surface area contributed by atoms with E-state index in [1.165, 1.54) is 18.3 Å². The highest BCUT2D eigenvalue weighted by molar-refractivity contribution is 5.94. The van der Waals surface area contributed by atoms with Gasteiger partial charge in [0, 0.05) is 19.7 Å². The Morgan fingerprint density at radius 2 is 1.92 bits per heavy atom. The summed E-state index contributed by atoms with van der Waals surface area (Å²) in [6, 6.07) is 7.63. The van der Waals surface area contributed by atoms with Gasteiger partial charge in [-0.05, 0) is 18.2 Å². The van der Waals surface area contributed by atoms with Crippen molar-refractivity contribution < 1.29 is 13.3 Å². The van der Waals surface area contributed by atoms with Crippen LogP contribution in [-0.2, 0) is 0 Å². The van der Waals surface area contributed by atoms with E-state index in [4.69, 9.17) is 4.52 Å². The van der Waals surface area contributed by atoms with Crippen LogP contribution < -0.4 is 4.90 Å². The van der Waals surface area contributed by atoms with Crippen molar-refractivity contribution in [2.75, 3.05) is 19.0 Å². The molecule has 0 unspecified atom stereocenters. The Morgan fingerprint density at radius 3 is 2.72 bits per heavy atom. The summed E-state index contributed by atoms with van der Waals surface area (Å²) < 4.78 is 33.0. The van der Waals surface area contributed by atoms with Gasteiger partial charge in [0.1, 0.15) is 11.5 Å². The van der Waals surface area contributed by atoms with Crippen LogP contribution in [0.4, 0.5) is 14.6 Å². The lowest BCUT2D eigenvalue weighted by molar-refractivity contribution is 0.431. The molecule has 3 heterocycles. The summed E-state index contributed by atoms with van der Waals surface area (Å²) in [5.41, 5.74) is 1.39. The number of halogens is 2. The van der Waals surface area contributed by atoms with Gasteiger partial charge in [-0.3, -0.25) is 5.10 Å². The van der Waals surface area contributed by atoms with Crippen LogP contribution in [-0.4, -0.2) is 34.4 Å². The molecule has 0 fully saturated rings. The lowest BCUT2D eigenvalue weighted by Gasteiger charge is -2.09. The zero-order chi connectivity index (χ0) is 17.6. The van der Waals surface area contributed by atoms with Crippen LogP contribution in [0.5, 0.6) is 0 Å². The number of aromatic amines is 1. The maximum Gasteiger partial charge on any atom is 0.193 e. The molecule has 0 saturated heterocycles. The van der Waals surface area contributed by atoms with Gasteiger partial charge in [-0.15, -0.1) is 0 Å². The van der Waals surface area contributed by atoms with Gasteiger partial charge in [-0.2, -0.15) is 5.10 Å². The Bertz CT molecular complexity index is 1070. The molecule has 1 N–H and O–H groups in total. The summed E-state index contributed by atoms with van der Waals surface area (Å²) in [6.45, 7) is 0. The van der Waals surface area contributed by atoms with Gasteiger partial charge in [0.25, 0.3) is 0 Å². The number of H-pyrrole nitrogens is 1. The number of nitrogens with zero attached hydrogens (tertiary/aromatic N) is 4.